The number of rotatable bonds is 12. The number of methoxy groups -OCH3 is 2. The van der Waals surface area contributed by atoms with Crippen LogP contribution < -0.4 is 15.0 Å². The van der Waals surface area contributed by atoms with Crippen molar-refractivity contribution in [3.63, 3.8) is 0 Å². The van der Waals surface area contributed by atoms with Crippen molar-refractivity contribution in [2.24, 2.45) is 17.8 Å². The Balaban J connectivity index is 1.16. The van der Waals surface area contributed by atoms with Crippen molar-refractivity contribution < 1.29 is 62.7 Å². The second kappa shape index (κ2) is 21.6. The highest BCUT2D eigenvalue weighted by Gasteiger charge is 2.64. The summed E-state index contributed by atoms with van der Waals surface area (Å²) in [6.07, 6.45) is 2.94. The van der Waals surface area contributed by atoms with Crippen LogP contribution in [0.2, 0.25) is 5.02 Å². The second-order valence-electron chi connectivity index (χ2n) is 19.1. The van der Waals surface area contributed by atoms with Crippen molar-refractivity contribution in [2.75, 3.05) is 45.5 Å². The van der Waals surface area contributed by atoms with E-state index in [0.29, 0.717) is 24.4 Å². The fourth-order valence-electron chi connectivity index (χ4n) is 9.82. The maximum absolute atomic E-state index is 14.3. The van der Waals surface area contributed by atoms with E-state index in [0.717, 1.165) is 36.8 Å². The predicted molar refractivity (Wildman–Crippen MR) is 250 cm³/mol. The minimum absolute atomic E-state index is 0.0119. The quantitative estimate of drug-likeness (QED) is 0.187. The number of thioether (sulfide) groups is 1. The number of nitrogens with one attached hydrogen (secondary N) is 1. The Morgan fingerprint density at radius 1 is 1.10 bits per heavy atom. The number of allylic oxidation sites excluding steroid dienone is 3. The number of hydrogen-bond donors (Lipinski definition) is 3. The van der Waals surface area contributed by atoms with Crippen molar-refractivity contribution >= 4 is 64.6 Å². The number of anilines is 1. The number of carbonyl (C=O) groups excluding carboxylic acids is 6. The number of likely N-dealkylation sites (N-methyl/N-ethyl adjacent to an activating group) is 1. The molecular weight excluding hydrogens is 908 g/mol. The summed E-state index contributed by atoms with van der Waals surface area (Å²) in [5.41, 5.74) is -1.10. The Morgan fingerprint density at radius 2 is 1.81 bits per heavy atom. The first-order chi connectivity index (χ1) is 31.6. The van der Waals surface area contributed by atoms with Gasteiger partial charge >= 0.3 is 12.1 Å². The first-order valence-corrected chi connectivity index (χ1v) is 24.5. The molecule has 4 heterocycles. The minimum Gasteiger partial charge on any atom is -0.495 e. The largest absolute Gasteiger partial charge is 0.495 e. The molecule has 17 nitrogen and oxygen atoms in total. The number of aliphatic hydroxyl groups excluding tert-OH is 1. The Labute approximate surface area is 402 Å². The number of hydrogen-bond acceptors (Lipinski definition) is 14. The van der Waals surface area contributed by atoms with Gasteiger partial charge in [-0.25, -0.2) is 9.59 Å². The lowest BCUT2D eigenvalue weighted by Gasteiger charge is -2.42. The minimum atomic E-state index is -1.87. The molecule has 67 heavy (non-hydrogen) atoms. The van der Waals surface area contributed by atoms with E-state index >= 15 is 0 Å². The van der Waals surface area contributed by atoms with Crippen LogP contribution in [0.4, 0.5) is 10.5 Å². The molecule has 1 unspecified atom stereocenters. The van der Waals surface area contributed by atoms with Crippen molar-refractivity contribution in [1.29, 1.82) is 0 Å². The van der Waals surface area contributed by atoms with Crippen LogP contribution in [0.3, 0.4) is 0 Å². The van der Waals surface area contributed by atoms with Gasteiger partial charge in [0.05, 0.1) is 30.6 Å². The van der Waals surface area contributed by atoms with Crippen LogP contribution in [0.25, 0.3) is 0 Å². The summed E-state index contributed by atoms with van der Waals surface area (Å²) in [4.78, 5) is 83.9. The number of aliphatic hydroxyl groups is 2. The molecule has 1 saturated carbocycles. The van der Waals surface area contributed by atoms with E-state index < -0.39 is 77.1 Å². The van der Waals surface area contributed by atoms with Crippen LogP contribution in [0.1, 0.15) is 91.5 Å². The fourth-order valence-corrected chi connectivity index (χ4v) is 11.3. The Morgan fingerprint density at radius 3 is 2.46 bits per heavy atom. The van der Waals surface area contributed by atoms with Crippen molar-refractivity contribution in [3.05, 3.63) is 46.5 Å². The number of fused-ring (bicyclic) bond motifs is 5. The third-order valence-corrected chi connectivity index (χ3v) is 16.1. The molecule has 4 bridgehead atoms. The van der Waals surface area contributed by atoms with Gasteiger partial charge in [0.2, 0.25) is 17.7 Å². The number of nitrogens with zero attached hydrogens (tertiary/aromatic N) is 3. The van der Waals surface area contributed by atoms with E-state index in [-0.39, 0.29) is 65.9 Å². The van der Waals surface area contributed by atoms with Crippen LogP contribution in [0, 0.1) is 17.8 Å². The topological polar surface area (TPSA) is 214 Å². The third-order valence-electron chi connectivity index (χ3n) is 14.4. The highest BCUT2D eigenvalue weighted by atomic mass is 35.5. The van der Waals surface area contributed by atoms with Crippen LogP contribution in [0.15, 0.2) is 35.9 Å². The number of ether oxygens (including phenoxy) is 5. The lowest BCUT2D eigenvalue weighted by Crippen LogP contribution is -2.63. The molecule has 10 atom stereocenters. The van der Waals surface area contributed by atoms with Crippen LogP contribution >= 0.6 is 23.4 Å². The number of benzene rings is 1. The summed E-state index contributed by atoms with van der Waals surface area (Å²) >= 11 is 8.14. The third kappa shape index (κ3) is 11.8. The van der Waals surface area contributed by atoms with Gasteiger partial charge < -0.3 is 48.6 Å². The smallest absolute Gasteiger partial charge is 0.409 e. The zero-order chi connectivity index (χ0) is 49.1. The molecule has 1 aliphatic carbocycles. The molecule has 5 aliphatic rings. The molecule has 0 spiro atoms. The molecule has 3 saturated heterocycles. The molecule has 4 amide bonds. The summed E-state index contributed by atoms with van der Waals surface area (Å²) < 4.78 is 29.4. The van der Waals surface area contributed by atoms with Gasteiger partial charge in [-0.3, -0.25) is 24.5 Å². The average Bonchev–Trinajstić information content (AvgIpc) is 3.91. The van der Waals surface area contributed by atoms with E-state index in [1.165, 1.54) is 54.7 Å². The molecular formula is C48H67ClN4O13S. The standard InChI is InChI=1S/C48H67ClN4O13S/c1-26-11-10-12-37(63-9)48(61)24-35(64-46(60)50-48)27(2)43-47(5,66-43)38(23-40(56)52(7)33-20-31(19-26)21-34(62-8)42(33)49)65-45(59)28(3)51(6)39(55)17-18-67-36-22-41(57)53(44(36)58)25-30-13-15-32(16-14-30)29(4)54/h10-12,20-21,27-28,30,32,35-38,43-44,58,61H,13-19,22-25H2,1-9H3,(H,50,60)/b12-10+,26-11+/t27-,28+,30-,32-,35+,36+,37-,38+,43+,44?,47+,48+/m1/s1. The number of epoxide rings is 1. The van der Waals surface area contributed by atoms with Crippen LogP contribution in [-0.2, 0) is 49.3 Å². The van der Waals surface area contributed by atoms with E-state index in [1.807, 2.05) is 13.0 Å². The lowest BCUT2D eigenvalue weighted by atomic mass is 9.80. The predicted octanol–water partition coefficient (Wildman–Crippen LogP) is 4.95. The Kier molecular flexibility index (Phi) is 16.8. The summed E-state index contributed by atoms with van der Waals surface area (Å²) in [5.74, 6) is -1.25. The van der Waals surface area contributed by atoms with Gasteiger partial charge in [-0.05, 0) is 83.4 Å². The SMILES string of the molecule is COc1cc2cc(c1Cl)N(C)C(=O)C[C@H](OC(=O)[C@H](C)N(C)C(=O)CCS[C@H]1CC(=O)N(C[C@H]3CC[C@H](C(C)=O)CC3)C1O)[C@]1(C)O[C@H]1[C@H](C)[C@@H]1C[C@@](O)(NC(=O)O1)[C@H](OC)/C=C/C=C(\C)C2. The van der Waals surface area contributed by atoms with E-state index in [2.05, 4.69) is 5.32 Å². The first-order valence-electron chi connectivity index (χ1n) is 23.0. The average molecular weight is 976 g/mol. The zero-order valence-corrected chi connectivity index (χ0v) is 41.5. The number of halogens is 1. The first kappa shape index (κ1) is 52.2. The summed E-state index contributed by atoms with van der Waals surface area (Å²) in [7, 11) is 5.94. The summed E-state index contributed by atoms with van der Waals surface area (Å²) in [5, 5.41) is 25.2. The molecule has 4 fully saturated rings. The number of Topliss-reactive ketones (excluding diaryl/α,β-unsaturated/α-hetero) is 1. The Hall–Kier alpha value is -4.20. The maximum atomic E-state index is 14.3. The van der Waals surface area contributed by atoms with Gasteiger partial charge in [0.1, 0.15) is 52.7 Å². The van der Waals surface area contributed by atoms with Gasteiger partial charge in [-0.2, -0.15) is 11.8 Å². The number of alkyl carbamates (subject to hydrolysis) is 1. The van der Waals surface area contributed by atoms with Crippen molar-refractivity contribution in [1.82, 2.24) is 15.1 Å². The highest BCUT2D eigenvalue weighted by Crippen LogP contribution is 2.49. The molecule has 1 aromatic rings. The maximum Gasteiger partial charge on any atom is 0.409 e. The fraction of sp³-hybridized carbons (Fsp3) is 0.667. The molecule has 370 valence electrons. The van der Waals surface area contributed by atoms with Crippen molar-refractivity contribution in [2.45, 2.75) is 146 Å². The van der Waals surface area contributed by atoms with Crippen LogP contribution in [-0.4, -0.2) is 149 Å². The van der Waals surface area contributed by atoms with Gasteiger partial charge in [0.15, 0.2) is 5.72 Å². The number of esters is 1. The summed E-state index contributed by atoms with van der Waals surface area (Å²) in [6.45, 7) is 8.96. The number of ketones is 1. The number of likely N-dealkylation sites (tertiary alicyclic amines) is 1. The Bertz CT molecular complexity index is 2120. The van der Waals surface area contributed by atoms with Crippen LogP contribution in [0.5, 0.6) is 5.75 Å². The molecule has 4 aliphatic heterocycles. The second-order valence-corrected chi connectivity index (χ2v) is 20.8. The van der Waals surface area contributed by atoms with E-state index in [1.54, 1.807) is 52.1 Å². The van der Waals surface area contributed by atoms with E-state index in [4.69, 9.17) is 35.3 Å². The molecule has 19 heteroatoms. The van der Waals surface area contributed by atoms with Gasteiger partial charge in [-0.15, -0.1) is 0 Å². The summed E-state index contributed by atoms with van der Waals surface area (Å²) in [6, 6.07) is 2.46. The number of amides is 4. The molecule has 3 N–H and O–H groups in total. The van der Waals surface area contributed by atoms with E-state index in [9.17, 15) is 39.0 Å². The molecule has 6 rings (SSSR count). The molecule has 0 aromatic heterocycles. The zero-order valence-electron chi connectivity index (χ0n) is 40.0. The highest BCUT2D eigenvalue weighted by molar-refractivity contribution is 8.00. The monoisotopic (exact) mass is 974 g/mol. The number of carbonyl (C=O) groups is 6. The molecule has 1 aromatic carbocycles. The van der Waals surface area contributed by atoms with Gasteiger partial charge in [-0.1, -0.05) is 42.3 Å². The van der Waals surface area contributed by atoms with Gasteiger partial charge in [0, 0.05) is 64.6 Å². The molecule has 0 radical (unpaired) electrons. The van der Waals surface area contributed by atoms with Gasteiger partial charge in [0.25, 0.3) is 0 Å². The van der Waals surface area contributed by atoms with Crippen molar-refractivity contribution in [3.8, 4) is 5.75 Å². The lowest BCUT2D eigenvalue weighted by molar-refractivity contribution is -0.162. The normalized spacial score (nSPS) is 34.2.